The summed E-state index contributed by atoms with van der Waals surface area (Å²) in [5.74, 6) is -0.457. The van der Waals surface area contributed by atoms with Crippen molar-refractivity contribution in [2.45, 2.75) is 36.9 Å². The molecule has 0 N–H and O–H groups in total. The van der Waals surface area contributed by atoms with Crippen LogP contribution in [0.4, 0.5) is 0 Å². The predicted octanol–water partition coefficient (Wildman–Crippen LogP) is 2.54. The van der Waals surface area contributed by atoms with E-state index in [1.165, 1.54) is 15.6 Å². The Bertz CT molecular complexity index is 591. The van der Waals surface area contributed by atoms with Gasteiger partial charge in [-0.1, -0.05) is 0 Å². The molecule has 8 heteroatoms. The number of sulfonamides is 1. The van der Waals surface area contributed by atoms with E-state index in [-0.39, 0.29) is 10.8 Å². The predicted molar refractivity (Wildman–Crippen MR) is 80.3 cm³/mol. The van der Waals surface area contributed by atoms with E-state index < -0.39 is 22.0 Å². The average Bonchev–Trinajstić information content (AvgIpc) is 2.98. The second kappa shape index (κ2) is 6.13. The highest BCUT2D eigenvalue weighted by atomic mass is 79.9. The van der Waals surface area contributed by atoms with Gasteiger partial charge in [0.2, 0.25) is 0 Å². The van der Waals surface area contributed by atoms with Crippen LogP contribution in [0.25, 0.3) is 0 Å². The van der Waals surface area contributed by atoms with Gasteiger partial charge < -0.3 is 4.74 Å². The molecule has 1 saturated heterocycles. The second-order valence-corrected chi connectivity index (χ2v) is 9.04. The molecule has 20 heavy (non-hydrogen) atoms. The molecule has 0 radical (unpaired) electrons. The van der Waals surface area contributed by atoms with Crippen LogP contribution in [-0.2, 0) is 19.6 Å². The molecule has 1 aromatic rings. The van der Waals surface area contributed by atoms with Crippen molar-refractivity contribution in [2.24, 2.45) is 0 Å². The van der Waals surface area contributed by atoms with E-state index >= 15 is 0 Å². The van der Waals surface area contributed by atoms with Crippen molar-refractivity contribution in [1.82, 2.24) is 4.31 Å². The lowest BCUT2D eigenvalue weighted by atomic mass is 10.2. The van der Waals surface area contributed by atoms with Crippen molar-refractivity contribution in [2.75, 3.05) is 13.2 Å². The van der Waals surface area contributed by atoms with Crippen LogP contribution in [0.3, 0.4) is 0 Å². The van der Waals surface area contributed by atoms with Gasteiger partial charge in [-0.05, 0) is 54.2 Å². The zero-order chi connectivity index (χ0) is 14.9. The fourth-order valence-electron chi connectivity index (χ4n) is 2.18. The van der Waals surface area contributed by atoms with Gasteiger partial charge in [0.05, 0.1) is 10.4 Å². The smallest absolute Gasteiger partial charge is 0.324 e. The number of halogens is 1. The van der Waals surface area contributed by atoms with Crippen molar-refractivity contribution >= 4 is 43.3 Å². The van der Waals surface area contributed by atoms with E-state index in [9.17, 15) is 13.2 Å². The van der Waals surface area contributed by atoms with Crippen LogP contribution < -0.4 is 0 Å². The van der Waals surface area contributed by atoms with Crippen molar-refractivity contribution in [3.05, 3.63) is 15.4 Å². The number of hydrogen-bond acceptors (Lipinski definition) is 5. The van der Waals surface area contributed by atoms with Gasteiger partial charge in [-0.25, -0.2) is 8.42 Å². The topological polar surface area (TPSA) is 63.7 Å². The molecule has 0 saturated carbocycles. The van der Waals surface area contributed by atoms with Gasteiger partial charge in [0, 0.05) is 6.54 Å². The van der Waals surface area contributed by atoms with Crippen molar-refractivity contribution in [3.63, 3.8) is 0 Å². The lowest BCUT2D eigenvalue weighted by Gasteiger charge is -2.21. The maximum Gasteiger partial charge on any atom is 0.324 e. The van der Waals surface area contributed by atoms with E-state index in [0.29, 0.717) is 19.4 Å². The quantitative estimate of drug-likeness (QED) is 0.751. The fourth-order valence-corrected chi connectivity index (χ4v) is 6.18. The molecule has 0 aliphatic carbocycles. The molecule has 2 rings (SSSR count). The fraction of sp³-hybridized carbons (Fsp3) is 0.583. The van der Waals surface area contributed by atoms with Crippen LogP contribution in [0.15, 0.2) is 14.1 Å². The minimum Gasteiger partial charge on any atom is -0.465 e. The second-order valence-electron chi connectivity index (χ2n) is 4.55. The Hall–Kier alpha value is -0.440. The third-order valence-electron chi connectivity index (χ3n) is 3.16. The molecule has 1 aliphatic rings. The number of hydrogen-bond donors (Lipinski definition) is 0. The number of rotatable bonds is 4. The lowest BCUT2D eigenvalue weighted by Crippen LogP contribution is -2.41. The first-order chi connectivity index (χ1) is 9.37. The highest BCUT2D eigenvalue weighted by Gasteiger charge is 2.41. The largest absolute Gasteiger partial charge is 0.465 e. The number of nitrogens with zero attached hydrogens (tertiary/aromatic N) is 1. The Kier molecular flexibility index (Phi) is 4.88. The molecule has 0 bridgehead atoms. The number of thiophene rings is 1. The molecule has 1 aliphatic heterocycles. The zero-order valence-corrected chi connectivity index (χ0v) is 14.5. The average molecular weight is 382 g/mol. The maximum atomic E-state index is 12.6. The van der Waals surface area contributed by atoms with Gasteiger partial charge in [0.1, 0.15) is 10.3 Å². The number of carbonyl (C=O) groups is 1. The van der Waals surface area contributed by atoms with Crippen molar-refractivity contribution in [3.8, 4) is 0 Å². The highest BCUT2D eigenvalue weighted by molar-refractivity contribution is 9.11. The third-order valence-corrected chi connectivity index (χ3v) is 7.65. The van der Waals surface area contributed by atoms with Gasteiger partial charge in [-0.3, -0.25) is 4.79 Å². The lowest BCUT2D eigenvalue weighted by molar-refractivity contribution is -0.146. The van der Waals surface area contributed by atoms with Crippen LogP contribution in [0.5, 0.6) is 0 Å². The molecule has 112 valence electrons. The number of ether oxygens (including phenoxy) is 1. The molecule has 2 heterocycles. The van der Waals surface area contributed by atoms with Crippen molar-refractivity contribution < 1.29 is 17.9 Å². The van der Waals surface area contributed by atoms with E-state index in [0.717, 1.165) is 9.35 Å². The summed E-state index contributed by atoms with van der Waals surface area (Å²) in [6, 6.07) is 0.936. The molecular formula is C12H16BrNO4S2. The summed E-state index contributed by atoms with van der Waals surface area (Å²) in [4.78, 5) is 11.9. The van der Waals surface area contributed by atoms with Gasteiger partial charge in [0.25, 0.3) is 10.0 Å². The van der Waals surface area contributed by atoms with Crippen LogP contribution in [0, 0.1) is 6.92 Å². The van der Waals surface area contributed by atoms with Gasteiger partial charge in [-0.2, -0.15) is 4.31 Å². The Morgan fingerprint density at radius 1 is 1.60 bits per heavy atom. The van der Waals surface area contributed by atoms with Crippen LogP contribution in [-0.4, -0.2) is 37.9 Å². The van der Waals surface area contributed by atoms with E-state index in [1.54, 1.807) is 13.0 Å². The molecule has 1 fully saturated rings. The number of esters is 1. The standard InChI is InChI=1S/C12H16BrNO4S2/c1-3-18-12(15)9-5-4-6-14(9)20(16,17)10-7-8(2)11(13)19-10/h7,9H,3-6H2,1-2H3. The number of carbonyl (C=O) groups excluding carboxylic acids is 1. The molecular weight excluding hydrogens is 366 g/mol. The first-order valence-electron chi connectivity index (χ1n) is 6.32. The molecule has 5 nitrogen and oxygen atoms in total. The highest BCUT2D eigenvalue weighted by Crippen LogP contribution is 2.35. The molecule has 1 unspecified atom stereocenters. The molecule has 1 aromatic heterocycles. The summed E-state index contributed by atoms with van der Waals surface area (Å²) in [7, 11) is -3.63. The summed E-state index contributed by atoms with van der Waals surface area (Å²) in [6.45, 7) is 4.17. The Morgan fingerprint density at radius 2 is 2.30 bits per heavy atom. The van der Waals surface area contributed by atoms with E-state index in [2.05, 4.69) is 15.9 Å². The summed E-state index contributed by atoms with van der Waals surface area (Å²) < 4.78 is 32.5. The first-order valence-corrected chi connectivity index (χ1v) is 9.37. The summed E-state index contributed by atoms with van der Waals surface area (Å²) in [6.07, 6.45) is 1.19. The minimum atomic E-state index is -3.63. The first kappa shape index (κ1) is 15.9. The molecule has 0 amide bonds. The SMILES string of the molecule is CCOC(=O)C1CCCN1S(=O)(=O)c1cc(C)c(Br)s1. The van der Waals surface area contributed by atoms with Gasteiger partial charge in [-0.15, -0.1) is 11.3 Å². The molecule has 0 aromatic carbocycles. The third kappa shape index (κ3) is 2.93. The number of aryl methyl sites for hydroxylation is 1. The monoisotopic (exact) mass is 381 g/mol. The van der Waals surface area contributed by atoms with Crippen LogP contribution in [0.1, 0.15) is 25.3 Å². The zero-order valence-electron chi connectivity index (χ0n) is 11.3. The van der Waals surface area contributed by atoms with Crippen LogP contribution >= 0.6 is 27.3 Å². The Labute approximate surface area is 131 Å². The van der Waals surface area contributed by atoms with Gasteiger partial charge >= 0.3 is 5.97 Å². The molecule has 0 spiro atoms. The van der Waals surface area contributed by atoms with E-state index in [1.807, 2.05) is 6.92 Å². The minimum absolute atomic E-state index is 0.257. The van der Waals surface area contributed by atoms with Gasteiger partial charge in [0.15, 0.2) is 0 Å². The van der Waals surface area contributed by atoms with Crippen LogP contribution in [0.2, 0.25) is 0 Å². The normalized spacial score (nSPS) is 20.2. The van der Waals surface area contributed by atoms with Crippen molar-refractivity contribution in [1.29, 1.82) is 0 Å². The molecule has 1 atom stereocenters. The van der Waals surface area contributed by atoms with E-state index in [4.69, 9.17) is 4.74 Å². The Morgan fingerprint density at radius 3 is 2.85 bits per heavy atom. The summed E-state index contributed by atoms with van der Waals surface area (Å²) in [5.41, 5.74) is 0.875. The summed E-state index contributed by atoms with van der Waals surface area (Å²) in [5, 5.41) is 0. The maximum absolute atomic E-state index is 12.6. The summed E-state index contributed by atoms with van der Waals surface area (Å²) >= 11 is 4.50. The Balaban J connectivity index is 2.31.